The van der Waals surface area contributed by atoms with Crippen LogP contribution in [0.15, 0.2) is 53.4 Å². The molecule has 0 aromatic heterocycles. The molecule has 0 unspecified atom stereocenters. The number of halogens is 1. The number of sulfonamides is 1. The van der Waals surface area contributed by atoms with Crippen molar-refractivity contribution in [2.45, 2.75) is 37.5 Å². The van der Waals surface area contributed by atoms with Gasteiger partial charge in [-0.2, -0.15) is 4.31 Å². The Labute approximate surface area is 149 Å². The van der Waals surface area contributed by atoms with Crippen molar-refractivity contribution < 1.29 is 12.8 Å². The van der Waals surface area contributed by atoms with Crippen LogP contribution in [0.1, 0.15) is 30.4 Å². The molecular weight excluding hydrogens is 337 g/mol. The van der Waals surface area contributed by atoms with Crippen LogP contribution in [0, 0.1) is 18.7 Å². The second-order valence-electron chi connectivity index (χ2n) is 6.83. The Balaban J connectivity index is 1.55. The first-order valence-electron chi connectivity index (χ1n) is 8.76. The Bertz CT molecular complexity index is 810. The van der Waals surface area contributed by atoms with Gasteiger partial charge in [-0.25, -0.2) is 12.8 Å². The van der Waals surface area contributed by atoms with Gasteiger partial charge in [0.05, 0.1) is 4.90 Å². The third kappa shape index (κ3) is 4.47. The van der Waals surface area contributed by atoms with Gasteiger partial charge in [-0.3, -0.25) is 0 Å². The SMILES string of the molecule is Cc1ccc(CCC2CCN(S(=O)(=O)c3cccc(F)c3)CC2)cc1. The lowest BCUT2D eigenvalue weighted by Crippen LogP contribution is -2.38. The first-order chi connectivity index (χ1) is 11.9. The fourth-order valence-corrected chi connectivity index (χ4v) is 4.84. The average Bonchev–Trinajstić information content (AvgIpc) is 2.62. The predicted octanol–water partition coefficient (Wildman–Crippen LogP) is 4.17. The molecule has 25 heavy (non-hydrogen) atoms. The molecule has 1 aliphatic rings. The lowest BCUT2D eigenvalue weighted by atomic mass is 9.91. The molecular formula is C20H24FNO2S. The van der Waals surface area contributed by atoms with E-state index in [1.165, 1.54) is 33.6 Å². The van der Waals surface area contributed by atoms with Crippen LogP contribution in [0.25, 0.3) is 0 Å². The second kappa shape index (κ2) is 7.67. The van der Waals surface area contributed by atoms with Crippen molar-refractivity contribution in [1.82, 2.24) is 4.31 Å². The van der Waals surface area contributed by atoms with Gasteiger partial charge in [0.25, 0.3) is 0 Å². The summed E-state index contributed by atoms with van der Waals surface area (Å²) in [7, 11) is -3.59. The molecule has 0 atom stereocenters. The van der Waals surface area contributed by atoms with Gasteiger partial charge in [0.1, 0.15) is 5.82 Å². The normalized spacial score (nSPS) is 16.9. The molecule has 1 saturated heterocycles. The zero-order valence-corrected chi connectivity index (χ0v) is 15.3. The van der Waals surface area contributed by atoms with Crippen LogP contribution in [0.2, 0.25) is 0 Å². The zero-order valence-electron chi connectivity index (χ0n) is 14.5. The Hall–Kier alpha value is -1.72. The van der Waals surface area contributed by atoms with Crippen molar-refractivity contribution in [2.75, 3.05) is 13.1 Å². The predicted molar refractivity (Wildman–Crippen MR) is 97.4 cm³/mol. The molecule has 5 heteroatoms. The Morgan fingerprint density at radius 2 is 1.76 bits per heavy atom. The third-order valence-corrected chi connectivity index (χ3v) is 6.86. The summed E-state index contributed by atoms with van der Waals surface area (Å²) in [6.45, 7) is 3.10. The first-order valence-corrected chi connectivity index (χ1v) is 10.2. The summed E-state index contributed by atoms with van der Waals surface area (Å²) in [6.07, 6.45) is 3.83. The molecule has 0 saturated carbocycles. The first kappa shape index (κ1) is 18.1. The van der Waals surface area contributed by atoms with Gasteiger partial charge in [-0.15, -0.1) is 0 Å². The molecule has 0 spiro atoms. The van der Waals surface area contributed by atoms with E-state index in [1.807, 2.05) is 0 Å². The fraction of sp³-hybridized carbons (Fsp3) is 0.400. The molecule has 0 N–H and O–H groups in total. The molecule has 1 aliphatic heterocycles. The Morgan fingerprint density at radius 3 is 2.40 bits per heavy atom. The molecule has 3 rings (SSSR count). The largest absolute Gasteiger partial charge is 0.243 e. The average molecular weight is 361 g/mol. The number of nitrogens with zero attached hydrogens (tertiary/aromatic N) is 1. The lowest BCUT2D eigenvalue weighted by Gasteiger charge is -2.31. The molecule has 2 aromatic rings. The molecule has 0 bridgehead atoms. The molecule has 0 aliphatic carbocycles. The van der Waals surface area contributed by atoms with Crippen LogP contribution in [-0.4, -0.2) is 25.8 Å². The highest BCUT2D eigenvalue weighted by Gasteiger charge is 2.29. The second-order valence-corrected chi connectivity index (χ2v) is 8.77. The quantitative estimate of drug-likeness (QED) is 0.802. The highest BCUT2D eigenvalue weighted by molar-refractivity contribution is 7.89. The maximum absolute atomic E-state index is 13.3. The van der Waals surface area contributed by atoms with E-state index >= 15 is 0 Å². The Morgan fingerprint density at radius 1 is 1.08 bits per heavy atom. The number of hydrogen-bond donors (Lipinski definition) is 0. The van der Waals surface area contributed by atoms with Crippen LogP contribution in [0.3, 0.4) is 0 Å². The summed E-state index contributed by atoms with van der Waals surface area (Å²) in [4.78, 5) is 0.0469. The summed E-state index contributed by atoms with van der Waals surface area (Å²) in [5.41, 5.74) is 2.60. The van der Waals surface area contributed by atoms with E-state index in [-0.39, 0.29) is 4.90 Å². The standard InChI is InChI=1S/C20H24FNO2S/c1-16-5-7-17(8-6-16)9-10-18-11-13-22(14-12-18)25(23,24)20-4-2-3-19(21)15-20/h2-8,15,18H,9-14H2,1H3. The van der Waals surface area contributed by atoms with E-state index in [9.17, 15) is 12.8 Å². The highest BCUT2D eigenvalue weighted by Crippen LogP contribution is 2.27. The number of benzene rings is 2. The molecule has 1 heterocycles. The van der Waals surface area contributed by atoms with Crippen LogP contribution < -0.4 is 0 Å². The van der Waals surface area contributed by atoms with Gasteiger partial charge in [0.15, 0.2) is 0 Å². The summed E-state index contributed by atoms with van der Waals surface area (Å²) in [5.74, 6) is 0.0225. The van der Waals surface area contributed by atoms with Crippen molar-refractivity contribution >= 4 is 10.0 Å². The summed E-state index contributed by atoms with van der Waals surface area (Å²) in [6, 6.07) is 13.8. The minimum atomic E-state index is -3.59. The zero-order chi connectivity index (χ0) is 17.9. The van der Waals surface area contributed by atoms with Crippen LogP contribution >= 0.6 is 0 Å². The van der Waals surface area contributed by atoms with Gasteiger partial charge in [-0.05, 0) is 62.3 Å². The minimum absolute atomic E-state index is 0.0469. The molecule has 3 nitrogen and oxygen atoms in total. The molecule has 134 valence electrons. The monoisotopic (exact) mass is 361 g/mol. The van der Waals surface area contributed by atoms with E-state index in [4.69, 9.17) is 0 Å². The Kier molecular flexibility index (Phi) is 5.54. The van der Waals surface area contributed by atoms with Crippen LogP contribution in [-0.2, 0) is 16.4 Å². The summed E-state index contributed by atoms with van der Waals surface area (Å²) >= 11 is 0. The van der Waals surface area contributed by atoms with E-state index in [2.05, 4.69) is 31.2 Å². The summed E-state index contributed by atoms with van der Waals surface area (Å²) in [5, 5.41) is 0. The van der Waals surface area contributed by atoms with Gasteiger partial charge in [0.2, 0.25) is 10.0 Å². The van der Waals surface area contributed by atoms with Crippen molar-refractivity contribution in [2.24, 2.45) is 5.92 Å². The number of hydrogen-bond acceptors (Lipinski definition) is 2. The van der Waals surface area contributed by atoms with Crippen molar-refractivity contribution in [1.29, 1.82) is 0 Å². The fourth-order valence-electron chi connectivity index (χ4n) is 3.34. The van der Waals surface area contributed by atoms with Gasteiger partial charge < -0.3 is 0 Å². The van der Waals surface area contributed by atoms with Gasteiger partial charge >= 0.3 is 0 Å². The number of rotatable bonds is 5. The number of piperidine rings is 1. The lowest BCUT2D eigenvalue weighted by molar-refractivity contribution is 0.263. The van der Waals surface area contributed by atoms with E-state index in [1.54, 1.807) is 0 Å². The maximum atomic E-state index is 13.3. The van der Waals surface area contributed by atoms with Crippen molar-refractivity contribution in [3.8, 4) is 0 Å². The van der Waals surface area contributed by atoms with E-state index < -0.39 is 15.8 Å². The van der Waals surface area contributed by atoms with E-state index in [0.717, 1.165) is 31.7 Å². The van der Waals surface area contributed by atoms with Crippen molar-refractivity contribution in [3.63, 3.8) is 0 Å². The third-order valence-electron chi connectivity index (χ3n) is 4.97. The smallest absolute Gasteiger partial charge is 0.207 e. The summed E-state index contributed by atoms with van der Waals surface area (Å²) < 4.78 is 40.1. The van der Waals surface area contributed by atoms with Gasteiger partial charge in [0, 0.05) is 13.1 Å². The molecule has 0 radical (unpaired) electrons. The van der Waals surface area contributed by atoms with Crippen molar-refractivity contribution in [3.05, 3.63) is 65.5 Å². The molecule has 0 amide bonds. The number of aryl methyl sites for hydroxylation is 2. The minimum Gasteiger partial charge on any atom is -0.207 e. The molecule has 1 fully saturated rings. The topological polar surface area (TPSA) is 37.4 Å². The molecule has 2 aromatic carbocycles. The highest BCUT2D eigenvalue weighted by atomic mass is 32.2. The van der Waals surface area contributed by atoms with E-state index in [0.29, 0.717) is 19.0 Å². The van der Waals surface area contributed by atoms with Crippen LogP contribution in [0.4, 0.5) is 4.39 Å². The maximum Gasteiger partial charge on any atom is 0.243 e. The van der Waals surface area contributed by atoms with Crippen LogP contribution in [0.5, 0.6) is 0 Å². The van der Waals surface area contributed by atoms with Gasteiger partial charge in [-0.1, -0.05) is 35.9 Å².